The molecule has 31 heavy (non-hydrogen) atoms. The predicted molar refractivity (Wildman–Crippen MR) is 117 cm³/mol. The summed E-state index contributed by atoms with van der Waals surface area (Å²) in [4.78, 5) is 31.9. The fraction of sp³-hybridized carbons (Fsp3) is 0.273. The smallest absolute Gasteiger partial charge is 0.295 e. The van der Waals surface area contributed by atoms with Crippen LogP contribution in [0.15, 0.2) is 48.5 Å². The standard InChI is InChI=1S/C22H22FN5O3/c1-15-13-20(18-3-2-4-19(28(30)31)22(18)24-15)27-11-9-26(10-12-27)14-21(29)25-17-7-5-16(23)6-8-17/h2-8,13H,9-12,14H2,1H3,(H,25,29). The number of piperazine rings is 1. The molecule has 2 aromatic carbocycles. The zero-order valence-corrected chi connectivity index (χ0v) is 17.0. The number of carbonyl (C=O) groups excluding carboxylic acids is 1. The van der Waals surface area contributed by atoms with Gasteiger partial charge in [0.05, 0.1) is 11.5 Å². The average molecular weight is 423 g/mol. The van der Waals surface area contributed by atoms with Gasteiger partial charge < -0.3 is 10.2 Å². The molecule has 9 heteroatoms. The second kappa shape index (κ2) is 8.65. The highest BCUT2D eigenvalue weighted by molar-refractivity contribution is 5.97. The Morgan fingerprint density at radius 2 is 1.87 bits per heavy atom. The van der Waals surface area contributed by atoms with Gasteiger partial charge in [0, 0.05) is 54.7 Å². The second-order valence-electron chi connectivity index (χ2n) is 7.53. The first-order chi connectivity index (χ1) is 14.9. The lowest BCUT2D eigenvalue weighted by Crippen LogP contribution is -2.48. The van der Waals surface area contributed by atoms with Crippen LogP contribution in [-0.4, -0.2) is 53.4 Å². The van der Waals surface area contributed by atoms with Gasteiger partial charge in [-0.25, -0.2) is 9.37 Å². The van der Waals surface area contributed by atoms with Crippen molar-refractivity contribution in [2.45, 2.75) is 6.92 Å². The first kappa shape index (κ1) is 20.7. The van der Waals surface area contributed by atoms with Gasteiger partial charge in [-0.2, -0.15) is 0 Å². The Kier molecular flexibility index (Phi) is 5.77. The number of halogens is 1. The molecule has 160 valence electrons. The maximum absolute atomic E-state index is 13.0. The summed E-state index contributed by atoms with van der Waals surface area (Å²) in [5.41, 5.74) is 2.59. The number of nitrogens with one attached hydrogen (secondary N) is 1. The number of anilines is 2. The lowest BCUT2D eigenvalue weighted by Gasteiger charge is -2.36. The Hall–Kier alpha value is -3.59. The van der Waals surface area contributed by atoms with Crippen molar-refractivity contribution in [3.63, 3.8) is 0 Å². The predicted octanol–water partition coefficient (Wildman–Crippen LogP) is 3.35. The topological polar surface area (TPSA) is 91.6 Å². The monoisotopic (exact) mass is 423 g/mol. The van der Waals surface area contributed by atoms with Crippen LogP contribution in [0.3, 0.4) is 0 Å². The van der Waals surface area contributed by atoms with E-state index >= 15 is 0 Å². The number of amides is 1. The molecule has 0 saturated carbocycles. The van der Waals surface area contributed by atoms with Crippen molar-refractivity contribution in [3.05, 3.63) is 70.2 Å². The zero-order valence-electron chi connectivity index (χ0n) is 17.0. The molecule has 2 heterocycles. The fourth-order valence-corrected chi connectivity index (χ4v) is 3.83. The summed E-state index contributed by atoms with van der Waals surface area (Å²) in [5.74, 6) is -0.501. The minimum atomic E-state index is -0.407. The van der Waals surface area contributed by atoms with Gasteiger partial charge in [0.2, 0.25) is 5.91 Å². The molecule has 1 aliphatic heterocycles. The first-order valence-electron chi connectivity index (χ1n) is 9.98. The van der Waals surface area contributed by atoms with E-state index in [1.165, 1.54) is 30.3 Å². The van der Waals surface area contributed by atoms with Crippen molar-refractivity contribution >= 4 is 33.9 Å². The van der Waals surface area contributed by atoms with Gasteiger partial charge in [0.25, 0.3) is 5.69 Å². The van der Waals surface area contributed by atoms with E-state index in [1.807, 2.05) is 24.0 Å². The van der Waals surface area contributed by atoms with Crippen LogP contribution >= 0.6 is 0 Å². The van der Waals surface area contributed by atoms with E-state index < -0.39 is 4.92 Å². The maximum Gasteiger partial charge on any atom is 0.295 e. The van der Waals surface area contributed by atoms with Crippen molar-refractivity contribution in [2.24, 2.45) is 0 Å². The molecule has 1 amide bonds. The van der Waals surface area contributed by atoms with Crippen LogP contribution in [0.1, 0.15) is 5.69 Å². The van der Waals surface area contributed by atoms with E-state index in [0.717, 1.165) is 16.8 Å². The molecule has 8 nitrogen and oxygen atoms in total. The molecule has 0 unspecified atom stereocenters. The summed E-state index contributed by atoms with van der Waals surface area (Å²) in [6, 6.07) is 12.6. The number of benzene rings is 2. The maximum atomic E-state index is 13.0. The van der Waals surface area contributed by atoms with Crippen molar-refractivity contribution in [1.82, 2.24) is 9.88 Å². The summed E-state index contributed by atoms with van der Waals surface area (Å²) in [6.07, 6.45) is 0. The van der Waals surface area contributed by atoms with Crippen LogP contribution in [0.2, 0.25) is 0 Å². The molecular formula is C22H22FN5O3. The number of aryl methyl sites for hydroxylation is 1. The third kappa shape index (κ3) is 4.61. The molecule has 0 atom stereocenters. The van der Waals surface area contributed by atoms with Crippen molar-refractivity contribution in [3.8, 4) is 0 Å². The second-order valence-corrected chi connectivity index (χ2v) is 7.53. The van der Waals surface area contributed by atoms with Gasteiger partial charge in [-0.1, -0.05) is 12.1 Å². The van der Waals surface area contributed by atoms with Crippen LogP contribution in [0.25, 0.3) is 10.9 Å². The zero-order chi connectivity index (χ0) is 22.0. The van der Waals surface area contributed by atoms with E-state index in [4.69, 9.17) is 0 Å². The summed E-state index contributed by atoms with van der Waals surface area (Å²) in [6.45, 7) is 4.79. The van der Waals surface area contributed by atoms with Gasteiger partial charge in [-0.05, 0) is 37.3 Å². The van der Waals surface area contributed by atoms with Gasteiger partial charge in [-0.3, -0.25) is 19.8 Å². The SMILES string of the molecule is Cc1cc(N2CCN(CC(=O)Nc3ccc(F)cc3)CC2)c2cccc([N+](=O)[O-])c2n1. The molecule has 1 fully saturated rings. The lowest BCUT2D eigenvalue weighted by atomic mass is 10.1. The summed E-state index contributed by atoms with van der Waals surface area (Å²) in [5, 5.41) is 14.9. The van der Waals surface area contributed by atoms with Crippen molar-refractivity contribution < 1.29 is 14.1 Å². The number of carbonyl (C=O) groups is 1. The molecule has 0 spiro atoms. The van der Waals surface area contributed by atoms with Crippen LogP contribution < -0.4 is 10.2 Å². The number of fused-ring (bicyclic) bond motifs is 1. The Bertz CT molecular complexity index is 1130. The largest absolute Gasteiger partial charge is 0.368 e. The third-order valence-corrected chi connectivity index (χ3v) is 5.33. The molecule has 0 radical (unpaired) electrons. The van der Waals surface area contributed by atoms with Gasteiger partial charge >= 0.3 is 0 Å². The average Bonchev–Trinajstić information content (AvgIpc) is 2.75. The van der Waals surface area contributed by atoms with Crippen LogP contribution in [-0.2, 0) is 4.79 Å². The number of pyridine rings is 1. The van der Waals surface area contributed by atoms with Crippen LogP contribution in [0, 0.1) is 22.9 Å². The summed E-state index contributed by atoms with van der Waals surface area (Å²) < 4.78 is 13.0. The van der Waals surface area contributed by atoms with E-state index in [-0.39, 0.29) is 24.0 Å². The molecule has 3 aromatic rings. The number of aromatic nitrogens is 1. The Labute approximate surface area is 178 Å². The van der Waals surface area contributed by atoms with Crippen molar-refractivity contribution in [2.75, 3.05) is 42.9 Å². The fourth-order valence-electron chi connectivity index (χ4n) is 3.83. The number of nitrogens with zero attached hydrogens (tertiary/aromatic N) is 4. The van der Waals surface area contributed by atoms with E-state index in [2.05, 4.69) is 15.2 Å². The number of rotatable bonds is 5. The van der Waals surface area contributed by atoms with E-state index in [9.17, 15) is 19.3 Å². The number of nitro groups is 1. The number of para-hydroxylation sites is 1. The van der Waals surface area contributed by atoms with Crippen molar-refractivity contribution in [1.29, 1.82) is 0 Å². The molecular weight excluding hydrogens is 401 g/mol. The lowest BCUT2D eigenvalue weighted by molar-refractivity contribution is -0.383. The van der Waals surface area contributed by atoms with Crippen LogP contribution in [0.4, 0.5) is 21.5 Å². The normalized spacial score (nSPS) is 14.6. The van der Waals surface area contributed by atoms with Gasteiger partial charge in [-0.15, -0.1) is 0 Å². The minimum absolute atomic E-state index is 0.00134. The Morgan fingerprint density at radius 1 is 1.16 bits per heavy atom. The van der Waals surface area contributed by atoms with E-state index in [0.29, 0.717) is 37.4 Å². The number of non-ortho nitro benzene ring substituents is 1. The van der Waals surface area contributed by atoms with E-state index in [1.54, 1.807) is 6.07 Å². The molecule has 0 bridgehead atoms. The highest BCUT2D eigenvalue weighted by Gasteiger charge is 2.23. The molecule has 1 aromatic heterocycles. The summed E-state index contributed by atoms with van der Waals surface area (Å²) in [7, 11) is 0. The minimum Gasteiger partial charge on any atom is -0.368 e. The highest BCUT2D eigenvalue weighted by Crippen LogP contribution is 2.32. The first-order valence-corrected chi connectivity index (χ1v) is 9.98. The molecule has 4 rings (SSSR count). The highest BCUT2D eigenvalue weighted by atomic mass is 19.1. The molecule has 0 aliphatic carbocycles. The molecule has 1 saturated heterocycles. The number of hydrogen-bond acceptors (Lipinski definition) is 6. The number of nitro benzene ring substituents is 1. The summed E-state index contributed by atoms with van der Waals surface area (Å²) >= 11 is 0. The quantitative estimate of drug-likeness (QED) is 0.500. The molecule has 1 N–H and O–H groups in total. The number of hydrogen-bond donors (Lipinski definition) is 1. The Balaban J connectivity index is 1.43. The van der Waals surface area contributed by atoms with Gasteiger partial charge in [0.1, 0.15) is 5.82 Å². The van der Waals surface area contributed by atoms with Crippen LogP contribution in [0.5, 0.6) is 0 Å². The third-order valence-electron chi connectivity index (χ3n) is 5.33. The Morgan fingerprint density at radius 3 is 2.55 bits per heavy atom. The molecule has 1 aliphatic rings. The van der Waals surface area contributed by atoms with Gasteiger partial charge in [0.15, 0.2) is 5.52 Å².